The van der Waals surface area contributed by atoms with Crippen molar-refractivity contribution in [3.8, 4) is 11.4 Å². The average Bonchev–Trinajstić information content (AvgIpc) is 2.80. The molecule has 3 rings (SSSR count). The van der Waals surface area contributed by atoms with Crippen molar-refractivity contribution >= 4 is 28.6 Å². The Balaban J connectivity index is 2.01. The third-order valence-electron chi connectivity index (χ3n) is 4.85. The maximum atomic E-state index is 13.3. The molecule has 0 aliphatic heterocycles. The van der Waals surface area contributed by atoms with Crippen molar-refractivity contribution < 1.29 is 14.3 Å². The van der Waals surface area contributed by atoms with Crippen LogP contribution in [-0.4, -0.2) is 47.3 Å². The number of carbonyl (C=O) groups excluding carboxylic acids is 1. The minimum Gasteiger partial charge on any atom is -0.494 e. The van der Waals surface area contributed by atoms with E-state index < -0.39 is 6.04 Å². The lowest BCUT2D eigenvalue weighted by atomic mass is 10.2. The van der Waals surface area contributed by atoms with Crippen LogP contribution < -0.4 is 15.6 Å². The zero-order valence-electron chi connectivity index (χ0n) is 18.0. The Bertz CT molecular complexity index is 1080. The Morgan fingerprint density at radius 1 is 1.19 bits per heavy atom. The standard InChI is InChI=1S/C23H27N3O4S/c1-4-30-17-11-9-16(10-12-17)26-21(15-24-20(13-14-31-3)23(28)29-2)25-19-8-6-5-7-18(19)22(26)27/h5-12,20,24H,4,13-15H2,1-3H3. The second-order valence-electron chi connectivity index (χ2n) is 6.85. The largest absolute Gasteiger partial charge is 0.494 e. The molecule has 31 heavy (non-hydrogen) atoms. The molecule has 1 heterocycles. The summed E-state index contributed by atoms with van der Waals surface area (Å²) in [6.45, 7) is 2.72. The number of nitrogens with zero attached hydrogens (tertiary/aromatic N) is 2. The van der Waals surface area contributed by atoms with Crippen molar-refractivity contribution in [2.24, 2.45) is 0 Å². The summed E-state index contributed by atoms with van der Waals surface area (Å²) in [5, 5.41) is 3.75. The molecule has 1 unspecified atom stereocenters. The molecule has 0 spiro atoms. The Morgan fingerprint density at radius 3 is 2.61 bits per heavy atom. The van der Waals surface area contributed by atoms with Crippen LogP contribution in [0.2, 0.25) is 0 Å². The van der Waals surface area contributed by atoms with Crippen molar-refractivity contribution in [1.29, 1.82) is 0 Å². The highest BCUT2D eigenvalue weighted by Crippen LogP contribution is 2.17. The van der Waals surface area contributed by atoms with Gasteiger partial charge in [-0.2, -0.15) is 11.8 Å². The Morgan fingerprint density at radius 2 is 1.94 bits per heavy atom. The van der Waals surface area contributed by atoms with Crippen LogP contribution in [0.15, 0.2) is 53.3 Å². The second-order valence-corrected chi connectivity index (χ2v) is 7.84. The van der Waals surface area contributed by atoms with E-state index in [1.807, 2.05) is 55.6 Å². The summed E-state index contributed by atoms with van der Waals surface area (Å²) in [6, 6.07) is 14.1. The molecule has 0 saturated carbocycles. The Kier molecular flexibility index (Phi) is 8.08. The molecular formula is C23H27N3O4S. The molecule has 1 aromatic heterocycles. The van der Waals surface area contributed by atoms with Crippen LogP contribution in [0, 0.1) is 0 Å². The van der Waals surface area contributed by atoms with Gasteiger partial charge in [0.15, 0.2) is 0 Å². The molecule has 3 aromatic rings. The monoisotopic (exact) mass is 441 g/mol. The number of rotatable bonds is 10. The molecule has 164 valence electrons. The fourth-order valence-electron chi connectivity index (χ4n) is 3.32. The summed E-state index contributed by atoms with van der Waals surface area (Å²) >= 11 is 1.66. The molecular weight excluding hydrogens is 414 g/mol. The number of esters is 1. The smallest absolute Gasteiger partial charge is 0.322 e. The molecule has 0 fully saturated rings. The first kappa shape index (κ1) is 22.8. The van der Waals surface area contributed by atoms with Gasteiger partial charge in [0.2, 0.25) is 0 Å². The van der Waals surface area contributed by atoms with Crippen molar-refractivity contribution in [2.75, 3.05) is 25.7 Å². The molecule has 0 aliphatic rings. The number of carbonyl (C=O) groups is 1. The van der Waals surface area contributed by atoms with Gasteiger partial charge >= 0.3 is 5.97 Å². The highest BCUT2D eigenvalue weighted by Gasteiger charge is 2.20. The van der Waals surface area contributed by atoms with E-state index in [1.54, 1.807) is 22.4 Å². The van der Waals surface area contributed by atoms with Crippen molar-refractivity contribution in [3.63, 3.8) is 0 Å². The van der Waals surface area contributed by atoms with Crippen LogP contribution in [0.5, 0.6) is 5.75 Å². The third-order valence-corrected chi connectivity index (χ3v) is 5.50. The Labute approximate surface area is 185 Å². The summed E-state index contributed by atoms with van der Waals surface area (Å²) in [4.78, 5) is 30.2. The number of fused-ring (bicyclic) bond motifs is 1. The van der Waals surface area contributed by atoms with Crippen molar-refractivity contribution in [3.05, 3.63) is 64.7 Å². The SMILES string of the molecule is CCOc1ccc(-n2c(CNC(CCSC)C(=O)OC)nc3ccccc3c2=O)cc1. The fourth-order valence-corrected chi connectivity index (χ4v) is 3.79. The summed E-state index contributed by atoms with van der Waals surface area (Å²) in [7, 11) is 1.38. The Hall–Kier alpha value is -2.84. The minimum absolute atomic E-state index is 0.162. The average molecular weight is 442 g/mol. The van der Waals surface area contributed by atoms with Gasteiger partial charge in [0.25, 0.3) is 5.56 Å². The topological polar surface area (TPSA) is 82.4 Å². The molecule has 7 nitrogen and oxygen atoms in total. The summed E-state index contributed by atoms with van der Waals surface area (Å²) in [5.74, 6) is 1.73. The lowest BCUT2D eigenvalue weighted by molar-refractivity contribution is -0.143. The van der Waals surface area contributed by atoms with Crippen LogP contribution in [0.4, 0.5) is 0 Å². The number of methoxy groups -OCH3 is 1. The van der Waals surface area contributed by atoms with E-state index in [1.165, 1.54) is 7.11 Å². The molecule has 0 radical (unpaired) electrons. The molecule has 0 aliphatic carbocycles. The van der Waals surface area contributed by atoms with Crippen molar-refractivity contribution in [1.82, 2.24) is 14.9 Å². The van der Waals surface area contributed by atoms with Gasteiger partial charge in [0.05, 0.1) is 36.9 Å². The highest BCUT2D eigenvalue weighted by atomic mass is 32.2. The van der Waals surface area contributed by atoms with E-state index in [4.69, 9.17) is 14.5 Å². The first-order chi connectivity index (χ1) is 15.1. The zero-order valence-corrected chi connectivity index (χ0v) is 18.8. The number of hydrogen-bond donors (Lipinski definition) is 1. The number of hydrogen-bond acceptors (Lipinski definition) is 7. The van der Waals surface area contributed by atoms with Gasteiger partial charge in [-0.15, -0.1) is 0 Å². The van der Waals surface area contributed by atoms with E-state index in [-0.39, 0.29) is 18.1 Å². The zero-order chi connectivity index (χ0) is 22.2. The lowest BCUT2D eigenvalue weighted by Crippen LogP contribution is -2.39. The number of benzene rings is 2. The van der Waals surface area contributed by atoms with E-state index in [2.05, 4.69) is 5.32 Å². The number of nitrogens with one attached hydrogen (secondary N) is 1. The van der Waals surface area contributed by atoms with Gasteiger partial charge < -0.3 is 9.47 Å². The van der Waals surface area contributed by atoms with Gasteiger partial charge in [-0.3, -0.25) is 19.5 Å². The van der Waals surface area contributed by atoms with E-state index in [9.17, 15) is 9.59 Å². The van der Waals surface area contributed by atoms with E-state index in [0.29, 0.717) is 35.4 Å². The molecule has 8 heteroatoms. The van der Waals surface area contributed by atoms with E-state index in [0.717, 1.165) is 11.5 Å². The van der Waals surface area contributed by atoms with Gasteiger partial charge in [0, 0.05) is 0 Å². The number of ether oxygens (including phenoxy) is 2. The quantitative estimate of drug-likeness (QED) is 0.484. The third kappa shape index (κ3) is 5.45. The lowest BCUT2D eigenvalue weighted by Gasteiger charge is -2.18. The fraction of sp³-hybridized carbons (Fsp3) is 0.348. The maximum absolute atomic E-state index is 13.3. The van der Waals surface area contributed by atoms with E-state index >= 15 is 0 Å². The number of para-hydroxylation sites is 1. The first-order valence-electron chi connectivity index (χ1n) is 10.1. The van der Waals surface area contributed by atoms with Crippen LogP contribution in [0.25, 0.3) is 16.6 Å². The predicted octanol–water partition coefficient (Wildman–Crippen LogP) is 3.17. The molecule has 1 atom stereocenters. The summed E-state index contributed by atoms with van der Waals surface area (Å²) in [6.07, 6.45) is 2.61. The highest BCUT2D eigenvalue weighted by molar-refractivity contribution is 7.98. The van der Waals surface area contributed by atoms with Crippen LogP contribution in [0.3, 0.4) is 0 Å². The molecule has 0 bridgehead atoms. The van der Waals surface area contributed by atoms with Gasteiger partial charge in [-0.1, -0.05) is 12.1 Å². The van der Waals surface area contributed by atoms with Crippen LogP contribution in [-0.2, 0) is 16.1 Å². The van der Waals surface area contributed by atoms with Crippen LogP contribution >= 0.6 is 11.8 Å². The number of thioether (sulfide) groups is 1. The molecule has 0 amide bonds. The van der Waals surface area contributed by atoms with Crippen molar-refractivity contribution in [2.45, 2.75) is 25.9 Å². The molecule has 2 aromatic carbocycles. The normalized spacial score (nSPS) is 12.0. The minimum atomic E-state index is -0.477. The predicted molar refractivity (Wildman–Crippen MR) is 124 cm³/mol. The number of aromatic nitrogens is 2. The first-order valence-corrected chi connectivity index (χ1v) is 11.5. The molecule has 0 saturated heterocycles. The van der Waals surface area contributed by atoms with Crippen LogP contribution in [0.1, 0.15) is 19.2 Å². The van der Waals surface area contributed by atoms with Gasteiger partial charge in [0.1, 0.15) is 17.6 Å². The second kappa shape index (κ2) is 11.0. The summed E-state index contributed by atoms with van der Waals surface area (Å²) in [5.41, 5.74) is 1.14. The van der Waals surface area contributed by atoms with Gasteiger partial charge in [-0.25, -0.2) is 4.98 Å². The molecule has 1 N–H and O–H groups in total. The summed E-state index contributed by atoms with van der Waals surface area (Å²) < 4.78 is 12.0. The maximum Gasteiger partial charge on any atom is 0.322 e. The van der Waals surface area contributed by atoms with Gasteiger partial charge in [-0.05, 0) is 61.8 Å².